The quantitative estimate of drug-likeness (QED) is 0.388. The van der Waals surface area contributed by atoms with Gasteiger partial charge in [-0.15, -0.1) is 5.10 Å². The molecule has 1 aliphatic carbocycles. The Bertz CT molecular complexity index is 1560. The number of carbonyl (C=O) groups excluding carboxylic acids is 1. The third kappa shape index (κ3) is 4.02. The van der Waals surface area contributed by atoms with E-state index in [9.17, 15) is 4.79 Å². The van der Waals surface area contributed by atoms with Crippen molar-refractivity contribution in [1.82, 2.24) is 19.6 Å². The Balaban J connectivity index is 1.55. The summed E-state index contributed by atoms with van der Waals surface area (Å²) in [6.45, 7) is 4.17. The molecule has 3 heterocycles. The standard InChI is InChI=1S/C29H28N4O4/c1-29(2)14-19(34)25-22(15-29)37-28-26(24(25)18-10-11-20(35-3)21(13-18)36-4)27-31-23(32-33(27)16-30-28)12-17-8-6-5-7-9-17/h5-11,13,16,24H,12,14-15H2,1-4H3/t24-/m1/s1. The number of rotatable bonds is 5. The summed E-state index contributed by atoms with van der Waals surface area (Å²) in [6, 6.07) is 15.8. The lowest BCUT2D eigenvalue weighted by Crippen LogP contribution is -2.33. The van der Waals surface area contributed by atoms with Crippen LogP contribution in [0.3, 0.4) is 0 Å². The highest BCUT2D eigenvalue weighted by molar-refractivity contribution is 6.00. The van der Waals surface area contributed by atoms with E-state index in [0.29, 0.717) is 59.4 Å². The van der Waals surface area contributed by atoms with Crippen LogP contribution in [0.2, 0.25) is 0 Å². The van der Waals surface area contributed by atoms with Crippen molar-refractivity contribution in [3.8, 4) is 17.4 Å². The first-order chi connectivity index (χ1) is 17.9. The van der Waals surface area contributed by atoms with Crippen molar-refractivity contribution in [2.24, 2.45) is 5.41 Å². The second-order valence-corrected chi connectivity index (χ2v) is 10.3. The molecule has 2 aromatic heterocycles. The molecule has 0 saturated carbocycles. The molecular weight excluding hydrogens is 468 g/mol. The Hall–Kier alpha value is -4.20. The zero-order chi connectivity index (χ0) is 25.7. The SMILES string of the molecule is COc1ccc([C@@H]2C3=C(CC(C)(C)CC3=O)Oc3ncn4nc(Cc5ccccc5)nc4c32)cc1OC. The Kier molecular flexibility index (Phi) is 5.47. The summed E-state index contributed by atoms with van der Waals surface area (Å²) in [7, 11) is 3.21. The monoisotopic (exact) mass is 496 g/mol. The normalized spacial score (nSPS) is 18.3. The van der Waals surface area contributed by atoms with Gasteiger partial charge in [-0.25, -0.2) is 14.5 Å². The van der Waals surface area contributed by atoms with E-state index in [-0.39, 0.29) is 11.2 Å². The number of carbonyl (C=O) groups is 1. The largest absolute Gasteiger partial charge is 0.493 e. The summed E-state index contributed by atoms with van der Waals surface area (Å²) in [4.78, 5) is 23.2. The van der Waals surface area contributed by atoms with Crippen LogP contribution in [0.25, 0.3) is 5.65 Å². The maximum absolute atomic E-state index is 13.6. The lowest BCUT2D eigenvalue weighted by molar-refractivity contribution is -0.118. The molecule has 1 aliphatic heterocycles. The number of methoxy groups -OCH3 is 2. The van der Waals surface area contributed by atoms with E-state index in [2.05, 4.69) is 31.0 Å². The zero-order valence-corrected chi connectivity index (χ0v) is 21.3. The number of Topliss-reactive ketones (excluding diaryl/α,β-unsaturated/α-hetero) is 1. The molecule has 1 atom stereocenters. The van der Waals surface area contributed by atoms with Crippen LogP contribution in [0.15, 0.2) is 66.2 Å². The van der Waals surface area contributed by atoms with Gasteiger partial charge in [0.05, 0.1) is 25.7 Å². The van der Waals surface area contributed by atoms with Crippen molar-refractivity contribution in [2.75, 3.05) is 14.2 Å². The molecule has 0 bridgehead atoms. The topological polar surface area (TPSA) is 87.8 Å². The van der Waals surface area contributed by atoms with E-state index < -0.39 is 5.92 Å². The minimum absolute atomic E-state index is 0.0720. The molecule has 0 spiro atoms. The third-order valence-corrected chi connectivity index (χ3v) is 7.05. The highest BCUT2D eigenvalue weighted by atomic mass is 16.5. The third-order valence-electron chi connectivity index (χ3n) is 7.05. The number of aromatic nitrogens is 4. The van der Waals surface area contributed by atoms with Crippen LogP contribution in [0, 0.1) is 5.41 Å². The average Bonchev–Trinajstić information content (AvgIpc) is 3.29. The predicted molar refractivity (Wildman–Crippen MR) is 137 cm³/mol. The number of hydrogen-bond donors (Lipinski definition) is 0. The van der Waals surface area contributed by atoms with Crippen molar-refractivity contribution in [3.63, 3.8) is 0 Å². The van der Waals surface area contributed by atoms with Gasteiger partial charge in [0.1, 0.15) is 12.1 Å². The Morgan fingerprint density at radius 3 is 2.59 bits per heavy atom. The number of fused-ring (bicyclic) bond motifs is 3. The van der Waals surface area contributed by atoms with Crippen LogP contribution in [0.5, 0.6) is 17.4 Å². The van der Waals surface area contributed by atoms with Crippen molar-refractivity contribution >= 4 is 11.4 Å². The van der Waals surface area contributed by atoms with E-state index in [4.69, 9.17) is 24.3 Å². The minimum atomic E-state index is -0.424. The first-order valence-corrected chi connectivity index (χ1v) is 12.3. The molecule has 0 amide bonds. The van der Waals surface area contributed by atoms with Gasteiger partial charge < -0.3 is 14.2 Å². The van der Waals surface area contributed by atoms with Crippen molar-refractivity contribution in [1.29, 1.82) is 0 Å². The molecule has 0 radical (unpaired) electrons. The molecule has 4 aromatic rings. The van der Waals surface area contributed by atoms with Gasteiger partial charge in [0.25, 0.3) is 0 Å². The fourth-order valence-corrected chi connectivity index (χ4v) is 5.41. The summed E-state index contributed by atoms with van der Waals surface area (Å²) in [6.07, 6.45) is 3.30. The first-order valence-electron chi connectivity index (χ1n) is 12.3. The van der Waals surface area contributed by atoms with Crippen LogP contribution in [0.1, 0.15) is 55.1 Å². The van der Waals surface area contributed by atoms with Gasteiger partial charge in [0.2, 0.25) is 5.88 Å². The molecule has 37 heavy (non-hydrogen) atoms. The van der Waals surface area contributed by atoms with Crippen LogP contribution in [-0.4, -0.2) is 39.6 Å². The molecule has 0 unspecified atom stereocenters. The van der Waals surface area contributed by atoms with Crippen molar-refractivity contribution < 1.29 is 19.0 Å². The van der Waals surface area contributed by atoms with Gasteiger partial charge in [-0.2, -0.15) is 0 Å². The van der Waals surface area contributed by atoms with Gasteiger partial charge >= 0.3 is 0 Å². The van der Waals surface area contributed by atoms with Gasteiger partial charge in [0, 0.05) is 24.8 Å². The lowest BCUT2D eigenvalue weighted by Gasteiger charge is -2.37. The van der Waals surface area contributed by atoms with Crippen molar-refractivity contribution in [3.05, 3.63) is 88.7 Å². The Morgan fingerprint density at radius 1 is 1.05 bits per heavy atom. The van der Waals surface area contributed by atoms with Crippen LogP contribution >= 0.6 is 0 Å². The van der Waals surface area contributed by atoms with Gasteiger partial charge in [-0.3, -0.25) is 4.79 Å². The van der Waals surface area contributed by atoms with E-state index >= 15 is 0 Å². The number of benzene rings is 2. The van der Waals surface area contributed by atoms with Gasteiger partial charge in [-0.05, 0) is 28.7 Å². The number of ether oxygens (including phenoxy) is 3. The minimum Gasteiger partial charge on any atom is -0.493 e. The fraction of sp³-hybridized carbons (Fsp3) is 0.310. The number of ketones is 1. The first kappa shape index (κ1) is 23.2. The van der Waals surface area contributed by atoms with Crippen LogP contribution in [0.4, 0.5) is 0 Å². The summed E-state index contributed by atoms with van der Waals surface area (Å²) >= 11 is 0. The van der Waals surface area contributed by atoms with Crippen molar-refractivity contribution in [2.45, 2.75) is 39.0 Å². The summed E-state index contributed by atoms with van der Waals surface area (Å²) < 4.78 is 19.1. The molecule has 6 rings (SSSR count). The summed E-state index contributed by atoms with van der Waals surface area (Å²) in [5, 5.41) is 4.69. The molecule has 8 nitrogen and oxygen atoms in total. The highest BCUT2D eigenvalue weighted by Gasteiger charge is 2.44. The molecule has 0 N–H and O–H groups in total. The highest BCUT2D eigenvalue weighted by Crippen LogP contribution is 2.51. The lowest BCUT2D eigenvalue weighted by atomic mass is 9.70. The maximum Gasteiger partial charge on any atom is 0.228 e. The average molecular weight is 497 g/mol. The van der Waals surface area contributed by atoms with Crippen LogP contribution in [-0.2, 0) is 11.2 Å². The molecular formula is C29H28N4O4. The second kappa shape index (κ2) is 8.73. The fourth-order valence-electron chi connectivity index (χ4n) is 5.41. The molecule has 188 valence electrons. The summed E-state index contributed by atoms with van der Waals surface area (Å²) in [5.74, 6) is 2.65. The smallest absolute Gasteiger partial charge is 0.228 e. The molecule has 0 saturated heterocycles. The second-order valence-electron chi connectivity index (χ2n) is 10.3. The maximum atomic E-state index is 13.6. The summed E-state index contributed by atoms with van der Waals surface area (Å²) in [5.41, 5.74) is 3.81. The number of allylic oxidation sites excluding steroid dienone is 2. The van der Waals surface area contributed by atoms with E-state index in [1.54, 1.807) is 25.1 Å². The molecule has 2 aromatic carbocycles. The van der Waals surface area contributed by atoms with Gasteiger partial charge in [0.15, 0.2) is 28.8 Å². The van der Waals surface area contributed by atoms with E-state index in [1.165, 1.54) is 0 Å². The molecule has 8 heteroatoms. The number of hydrogen-bond acceptors (Lipinski definition) is 7. The van der Waals surface area contributed by atoms with Crippen LogP contribution < -0.4 is 14.2 Å². The van der Waals surface area contributed by atoms with E-state index in [0.717, 1.165) is 16.7 Å². The Morgan fingerprint density at radius 2 is 1.84 bits per heavy atom. The predicted octanol–water partition coefficient (Wildman–Crippen LogP) is 4.90. The molecule has 2 aliphatic rings. The Labute approximate surface area is 214 Å². The zero-order valence-electron chi connectivity index (χ0n) is 21.3. The van der Waals surface area contributed by atoms with Gasteiger partial charge in [-0.1, -0.05) is 50.2 Å². The molecule has 0 fully saturated rings. The number of nitrogens with zero attached hydrogens (tertiary/aromatic N) is 4. The van der Waals surface area contributed by atoms with E-state index in [1.807, 2.05) is 36.4 Å².